The van der Waals surface area contributed by atoms with Gasteiger partial charge in [0.1, 0.15) is 22.3 Å². The quantitative estimate of drug-likeness (QED) is 0.164. The topological polar surface area (TPSA) is 29.5 Å². The molecule has 0 atom stereocenters. The average Bonchev–Trinajstić information content (AvgIpc) is 3.70. The Morgan fingerprint density at radius 3 is 1.98 bits per heavy atom. The van der Waals surface area contributed by atoms with Gasteiger partial charge in [0.15, 0.2) is 0 Å². The SMILES string of the molecule is C=C/C=C\C=C\c1ccc(N(c2ccc3oc4ccccc4c3c2)c2ccccc2-c2ccc3oc4cc5ccccc5cc4c3c2)cc1. The zero-order valence-corrected chi connectivity index (χ0v) is 26.7. The molecule has 0 fully saturated rings. The van der Waals surface area contributed by atoms with Gasteiger partial charge in [0.25, 0.3) is 0 Å². The van der Waals surface area contributed by atoms with Gasteiger partial charge in [0, 0.05) is 38.5 Å². The molecule has 2 aromatic heterocycles. The molecule has 0 aliphatic carbocycles. The molecule has 7 aromatic carbocycles. The summed E-state index contributed by atoms with van der Waals surface area (Å²) < 4.78 is 12.6. The molecular weight excluding hydrogens is 599 g/mol. The van der Waals surface area contributed by atoms with Crippen molar-refractivity contribution in [3.05, 3.63) is 182 Å². The largest absolute Gasteiger partial charge is 0.456 e. The highest BCUT2D eigenvalue weighted by atomic mass is 16.3. The van der Waals surface area contributed by atoms with Crippen LogP contribution in [0.2, 0.25) is 0 Å². The number of rotatable bonds is 7. The van der Waals surface area contributed by atoms with Crippen LogP contribution in [0.5, 0.6) is 0 Å². The first-order chi connectivity index (χ1) is 24.2. The fourth-order valence-electron chi connectivity index (χ4n) is 6.87. The summed E-state index contributed by atoms with van der Waals surface area (Å²) >= 11 is 0. The number of anilines is 3. The molecular formula is C46H31NO2. The smallest absolute Gasteiger partial charge is 0.136 e. The van der Waals surface area contributed by atoms with Crippen molar-refractivity contribution in [3.63, 3.8) is 0 Å². The minimum Gasteiger partial charge on any atom is -0.456 e. The number of fused-ring (bicyclic) bond motifs is 7. The third kappa shape index (κ3) is 5.09. The summed E-state index contributed by atoms with van der Waals surface area (Å²) in [5.74, 6) is 0. The lowest BCUT2D eigenvalue weighted by Gasteiger charge is -2.28. The zero-order valence-electron chi connectivity index (χ0n) is 26.7. The molecule has 0 saturated carbocycles. The lowest BCUT2D eigenvalue weighted by atomic mass is 9.99. The van der Waals surface area contributed by atoms with Crippen LogP contribution < -0.4 is 4.90 Å². The Hall–Kier alpha value is -6.58. The van der Waals surface area contributed by atoms with Crippen molar-refractivity contribution in [1.82, 2.24) is 0 Å². The molecule has 232 valence electrons. The Kier molecular flexibility index (Phi) is 6.95. The molecule has 0 aliphatic rings. The van der Waals surface area contributed by atoms with E-state index in [4.69, 9.17) is 8.83 Å². The van der Waals surface area contributed by atoms with Crippen LogP contribution in [0.4, 0.5) is 17.1 Å². The van der Waals surface area contributed by atoms with Crippen molar-refractivity contribution < 1.29 is 8.83 Å². The highest BCUT2D eigenvalue weighted by molar-refractivity contribution is 6.11. The lowest BCUT2D eigenvalue weighted by molar-refractivity contribution is 0.669. The van der Waals surface area contributed by atoms with Crippen molar-refractivity contribution in [2.45, 2.75) is 0 Å². The Labute approximate surface area is 283 Å². The Morgan fingerprint density at radius 2 is 1.12 bits per heavy atom. The average molecular weight is 630 g/mol. The highest BCUT2D eigenvalue weighted by Gasteiger charge is 2.20. The molecule has 9 aromatic rings. The molecule has 9 rings (SSSR count). The van der Waals surface area contributed by atoms with E-state index in [1.54, 1.807) is 6.08 Å². The van der Waals surface area contributed by atoms with E-state index in [-0.39, 0.29) is 0 Å². The molecule has 0 aliphatic heterocycles. The van der Waals surface area contributed by atoms with E-state index in [9.17, 15) is 0 Å². The zero-order chi connectivity index (χ0) is 32.7. The van der Waals surface area contributed by atoms with E-state index >= 15 is 0 Å². The van der Waals surface area contributed by atoms with Crippen LogP contribution in [0, 0.1) is 0 Å². The monoisotopic (exact) mass is 629 g/mol. The number of nitrogens with zero attached hydrogens (tertiary/aromatic N) is 1. The van der Waals surface area contributed by atoms with Crippen molar-refractivity contribution >= 4 is 77.8 Å². The number of para-hydroxylation sites is 2. The minimum absolute atomic E-state index is 0.871. The number of hydrogen-bond donors (Lipinski definition) is 0. The first kappa shape index (κ1) is 28.6. The molecule has 0 spiro atoms. The van der Waals surface area contributed by atoms with E-state index < -0.39 is 0 Å². The molecule has 0 N–H and O–H groups in total. The van der Waals surface area contributed by atoms with Crippen LogP contribution in [0.15, 0.2) is 185 Å². The fourth-order valence-corrected chi connectivity index (χ4v) is 6.87. The summed E-state index contributed by atoms with van der Waals surface area (Å²) in [6.07, 6.45) is 9.80. The summed E-state index contributed by atoms with van der Waals surface area (Å²) in [5.41, 5.74) is 10.1. The molecule has 3 nitrogen and oxygen atoms in total. The van der Waals surface area contributed by atoms with Crippen LogP contribution >= 0.6 is 0 Å². The van der Waals surface area contributed by atoms with Crippen molar-refractivity contribution in [2.24, 2.45) is 0 Å². The second kappa shape index (κ2) is 11.9. The van der Waals surface area contributed by atoms with Gasteiger partial charge in [-0.1, -0.05) is 116 Å². The van der Waals surface area contributed by atoms with Gasteiger partial charge >= 0.3 is 0 Å². The van der Waals surface area contributed by atoms with Crippen LogP contribution in [0.3, 0.4) is 0 Å². The van der Waals surface area contributed by atoms with Crippen molar-refractivity contribution in [3.8, 4) is 11.1 Å². The van der Waals surface area contributed by atoms with Crippen LogP contribution in [0.1, 0.15) is 5.56 Å². The molecule has 0 amide bonds. The summed E-state index contributed by atoms with van der Waals surface area (Å²) in [4.78, 5) is 2.34. The van der Waals surface area contributed by atoms with Gasteiger partial charge in [0.2, 0.25) is 0 Å². The van der Waals surface area contributed by atoms with Crippen LogP contribution in [-0.2, 0) is 0 Å². The molecule has 0 bridgehead atoms. The van der Waals surface area contributed by atoms with E-state index in [2.05, 4.69) is 151 Å². The highest BCUT2D eigenvalue weighted by Crippen LogP contribution is 2.44. The fraction of sp³-hybridized carbons (Fsp3) is 0. The summed E-state index contributed by atoms with van der Waals surface area (Å²) in [6.45, 7) is 3.75. The summed E-state index contributed by atoms with van der Waals surface area (Å²) in [7, 11) is 0. The number of allylic oxidation sites excluding steroid dienone is 4. The van der Waals surface area contributed by atoms with Gasteiger partial charge < -0.3 is 13.7 Å². The minimum atomic E-state index is 0.871. The van der Waals surface area contributed by atoms with Gasteiger partial charge in [0.05, 0.1) is 5.69 Å². The number of benzene rings is 7. The molecule has 49 heavy (non-hydrogen) atoms. The molecule has 0 unspecified atom stereocenters. The Balaban J connectivity index is 1.22. The van der Waals surface area contributed by atoms with Crippen LogP contribution in [-0.4, -0.2) is 0 Å². The first-order valence-corrected chi connectivity index (χ1v) is 16.5. The van der Waals surface area contributed by atoms with Crippen LogP contribution in [0.25, 0.3) is 71.9 Å². The lowest BCUT2D eigenvalue weighted by Crippen LogP contribution is -2.11. The van der Waals surface area contributed by atoms with Gasteiger partial charge in [-0.25, -0.2) is 0 Å². The number of hydrogen-bond acceptors (Lipinski definition) is 3. The maximum atomic E-state index is 6.35. The maximum absolute atomic E-state index is 6.35. The number of furan rings is 2. The van der Waals surface area contributed by atoms with Gasteiger partial charge in [-0.2, -0.15) is 0 Å². The molecule has 3 heteroatoms. The van der Waals surface area contributed by atoms with E-state index in [0.29, 0.717) is 0 Å². The Bertz CT molecular complexity index is 2740. The molecule has 0 radical (unpaired) electrons. The van der Waals surface area contributed by atoms with Gasteiger partial charge in [-0.15, -0.1) is 0 Å². The second-order valence-electron chi connectivity index (χ2n) is 12.2. The maximum Gasteiger partial charge on any atom is 0.136 e. The Morgan fingerprint density at radius 1 is 0.469 bits per heavy atom. The standard InChI is InChI=1S/C46H31NO2/c1-2-3-4-5-12-31-19-22-35(23-20-31)47(36-24-26-45-41(30-36)38-16-9-11-18-43(38)48-45)42-17-10-8-15-37(42)34-21-25-44-39(28-34)40-27-32-13-6-7-14-33(32)29-46(40)49-44/h2-30H,1H2/b4-3-,12-5+. The predicted octanol–water partition coefficient (Wildman–Crippen LogP) is 13.5. The predicted molar refractivity (Wildman–Crippen MR) is 207 cm³/mol. The van der Waals surface area contributed by atoms with Crippen molar-refractivity contribution in [1.29, 1.82) is 0 Å². The first-order valence-electron chi connectivity index (χ1n) is 16.5. The van der Waals surface area contributed by atoms with E-state index in [1.165, 1.54) is 10.8 Å². The van der Waals surface area contributed by atoms with Crippen molar-refractivity contribution in [2.75, 3.05) is 4.90 Å². The van der Waals surface area contributed by atoms with E-state index in [1.807, 2.05) is 30.4 Å². The third-order valence-electron chi connectivity index (χ3n) is 9.21. The summed E-state index contributed by atoms with van der Waals surface area (Å²) in [5, 5.41) is 6.79. The normalized spacial score (nSPS) is 12.0. The molecule has 0 saturated heterocycles. The molecule has 2 heterocycles. The van der Waals surface area contributed by atoms with E-state index in [0.717, 1.165) is 77.6 Å². The van der Waals surface area contributed by atoms with Gasteiger partial charge in [-0.3, -0.25) is 0 Å². The second-order valence-corrected chi connectivity index (χ2v) is 12.2. The third-order valence-corrected chi connectivity index (χ3v) is 9.21. The summed E-state index contributed by atoms with van der Waals surface area (Å²) in [6, 6.07) is 51.3. The van der Waals surface area contributed by atoms with Gasteiger partial charge in [-0.05, 0) is 88.6 Å².